The van der Waals surface area contributed by atoms with Crippen LogP contribution in [0, 0.1) is 5.92 Å². The van der Waals surface area contributed by atoms with Crippen molar-refractivity contribution in [1.29, 1.82) is 0 Å². The molecule has 0 amide bonds. The summed E-state index contributed by atoms with van der Waals surface area (Å²) in [5.41, 5.74) is -1.02. The summed E-state index contributed by atoms with van der Waals surface area (Å²) in [4.78, 5) is 14.0. The number of ether oxygens (including phenoxy) is 2. The van der Waals surface area contributed by atoms with Crippen LogP contribution >= 0.6 is 0 Å². The highest BCUT2D eigenvalue weighted by Crippen LogP contribution is 2.36. The van der Waals surface area contributed by atoms with Gasteiger partial charge in [0, 0.05) is 38.3 Å². The fraction of sp³-hybridized carbons (Fsp3) is 0.938. The van der Waals surface area contributed by atoms with Crippen LogP contribution in [0.2, 0.25) is 0 Å². The number of nitrogens with zero attached hydrogens (tertiary/aromatic N) is 1. The maximum Gasteiger partial charge on any atom is 0.337 e. The first-order chi connectivity index (χ1) is 10.0. The molecule has 1 N–H and O–H groups in total. The summed E-state index contributed by atoms with van der Waals surface area (Å²) < 4.78 is 11.4. The average Bonchev–Trinajstić information content (AvgIpc) is 2.79. The van der Waals surface area contributed by atoms with Gasteiger partial charge in [0.25, 0.3) is 0 Å². The zero-order chi connectivity index (χ0) is 15.5. The minimum atomic E-state index is -1.02. The molecule has 0 aromatic carbocycles. The number of rotatable bonds is 6. The molecular formula is C16H29NO4. The van der Waals surface area contributed by atoms with Gasteiger partial charge >= 0.3 is 5.97 Å². The van der Waals surface area contributed by atoms with Gasteiger partial charge in [-0.15, -0.1) is 0 Å². The SMILES string of the molecule is CCOC1CCC(N2C[C@@H](C)[C@](OCC)(C(=O)O)C2)CC1. The van der Waals surface area contributed by atoms with E-state index in [-0.39, 0.29) is 5.92 Å². The largest absolute Gasteiger partial charge is 0.479 e. The normalized spacial score (nSPS) is 37.8. The van der Waals surface area contributed by atoms with Crippen molar-refractivity contribution in [2.45, 2.75) is 64.2 Å². The van der Waals surface area contributed by atoms with Gasteiger partial charge < -0.3 is 14.6 Å². The third kappa shape index (κ3) is 3.41. The molecule has 0 aromatic heterocycles. The molecule has 2 atom stereocenters. The molecule has 1 heterocycles. The second-order valence-electron chi connectivity index (χ2n) is 6.34. The van der Waals surface area contributed by atoms with Gasteiger partial charge in [-0.1, -0.05) is 6.92 Å². The molecule has 0 aromatic rings. The highest BCUT2D eigenvalue weighted by molar-refractivity contribution is 5.79. The van der Waals surface area contributed by atoms with Gasteiger partial charge in [0.1, 0.15) is 0 Å². The molecule has 2 fully saturated rings. The summed E-state index contributed by atoms with van der Waals surface area (Å²) in [6.45, 7) is 8.46. The highest BCUT2D eigenvalue weighted by atomic mass is 16.5. The van der Waals surface area contributed by atoms with E-state index in [1.54, 1.807) is 0 Å². The summed E-state index contributed by atoms with van der Waals surface area (Å²) in [6.07, 6.45) is 4.75. The molecule has 1 saturated carbocycles. The summed E-state index contributed by atoms with van der Waals surface area (Å²) in [5, 5.41) is 9.62. The Morgan fingerprint density at radius 1 is 1.24 bits per heavy atom. The van der Waals surface area contributed by atoms with Crippen LogP contribution in [-0.2, 0) is 14.3 Å². The fourth-order valence-corrected chi connectivity index (χ4v) is 3.90. The van der Waals surface area contributed by atoms with Crippen molar-refractivity contribution < 1.29 is 19.4 Å². The van der Waals surface area contributed by atoms with Crippen LogP contribution in [0.3, 0.4) is 0 Å². The average molecular weight is 299 g/mol. The number of carbonyl (C=O) groups is 1. The summed E-state index contributed by atoms with van der Waals surface area (Å²) in [5.74, 6) is -0.790. The quantitative estimate of drug-likeness (QED) is 0.814. The lowest BCUT2D eigenvalue weighted by Crippen LogP contribution is -2.49. The zero-order valence-electron chi connectivity index (χ0n) is 13.5. The molecule has 0 bridgehead atoms. The summed E-state index contributed by atoms with van der Waals surface area (Å²) in [6, 6.07) is 0.478. The van der Waals surface area contributed by atoms with Gasteiger partial charge in [-0.3, -0.25) is 4.90 Å². The van der Waals surface area contributed by atoms with Crippen molar-refractivity contribution in [3.8, 4) is 0 Å². The second-order valence-corrected chi connectivity index (χ2v) is 6.34. The first-order valence-electron chi connectivity index (χ1n) is 8.26. The van der Waals surface area contributed by atoms with Gasteiger partial charge in [-0.2, -0.15) is 0 Å². The molecule has 1 saturated heterocycles. The van der Waals surface area contributed by atoms with Crippen LogP contribution in [0.15, 0.2) is 0 Å². The third-order valence-electron chi connectivity index (χ3n) is 5.07. The fourth-order valence-electron chi connectivity index (χ4n) is 3.90. The Labute approximate surface area is 127 Å². The van der Waals surface area contributed by atoms with E-state index < -0.39 is 11.6 Å². The minimum absolute atomic E-state index is 0.0274. The van der Waals surface area contributed by atoms with E-state index in [9.17, 15) is 9.90 Å². The predicted molar refractivity (Wildman–Crippen MR) is 80.4 cm³/mol. The van der Waals surface area contributed by atoms with Crippen molar-refractivity contribution in [2.24, 2.45) is 5.92 Å². The van der Waals surface area contributed by atoms with E-state index in [4.69, 9.17) is 9.47 Å². The maximum atomic E-state index is 11.7. The van der Waals surface area contributed by atoms with E-state index in [1.165, 1.54) is 0 Å². The zero-order valence-corrected chi connectivity index (χ0v) is 13.5. The van der Waals surface area contributed by atoms with Gasteiger partial charge in [0.05, 0.1) is 6.10 Å². The topological polar surface area (TPSA) is 59.0 Å². The lowest BCUT2D eigenvalue weighted by atomic mass is 9.91. The van der Waals surface area contributed by atoms with Crippen molar-refractivity contribution in [3.05, 3.63) is 0 Å². The van der Waals surface area contributed by atoms with Gasteiger partial charge in [0.15, 0.2) is 5.60 Å². The molecule has 21 heavy (non-hydrogen) atoms. The number of hydrogen-bond donors (Lipinski definition) is 1. The van der Waals surface area contributed by atoms with Crippen molar-refractivity contribution in [3.63, 3.8) is 0 Å². The Kier molecular flexibility index (Phi) is 5.63. The summed E-state index contributed by atoms with van der Waals surface area (Å²) in [7, 11) is 0. The van der Waals surface area contributed by atoms with Gasteiger partial charge in [-0.05, 0) is 39.5 Å². The molecule has 0 spiro atoms. The van der Waals surface area contributed by atoms with E-state index in [1.807, 2.05) is 20.8 Å². The van der Waals surface area contributed by atoms with Gasteiger partial charge in [-0.25, -0.2) is 4.79 Å². The van der Waals surface area contributed by atoms with Crippen molar-refractivity contribution >= 4 is 5.97 Å². The van der Waals surface area contributed by atoms with Crippen molar-refractivity contribution in [2.75, 3.05) is 26.3 Å². The second kappa shape index (κ2) is 7.07. The first kappa shape index (κ1) is 16.7. The predicted octanol–water partition coefficient (Wildman–Crippen LogP) is 2.15. The molecule has 1 aliphatic carbocycles. The molecule has 2 aliphatic rings. The Hall–Kier alpha value is -0.650. The molecule has 0 radical (unpaired) electrons. The third-order valence-corrected chi connectivity index (χ3v) is 5.07. The standard InChI is InChI=1S/C16H29NO4/c1-4-20-14-8-6-13(7-9-14)17-10-12(3)16(11-17,15(18)19)21-5-2/h12-14H,4-11H2,1-3H3,(H,18,19)/t12-,13?,14?,16+/m1/s1. The van der Waals surface area contributed by atoms with Crippen molar-refractivity contribution in [1.82, 2.24) is 4.90 Å². The van der Waals surface area contributed by atoms with Crippen LogP contribution < -0.4 is 0 Å². The van der Waals surface area contributed by atoms with Crippen LogP contribution in [-0.4, -0.2) is 60.0 Å². The lowest BCUT2D eigenvalue weighted by Gasteiger charge is -2.35. The maximum absolute atomic E-state index is 11.7. The van der Waals surface area contributed by atoms with E-state index in [0.29, 0.717) is 25.3 Å². The van der Waals surface area contributed by atoms with Gasteiger partial charge in [0.2, 0.25) is 0 Å². The van der Waals surface area contributed by atoms with E-state index >= 15 is 0 Å². The molecule has 2 rings (SSSR count). The molecule has 1 aliphatic heterocycles. The van der Waals surface area contributed by atoms with E-state index in [2.05, 4.69) is 4.90 Å². The molecule has 122 valence electrons. The molecule has 5 nitrogen and oxygen atoms in total. The molecule has 5 heteroatoms. The minimum Gasteiger partial charge on any atom is -0.479 e. The number of carboxylic acids is 1. The van der Waals surface area contributed by atoms with Crippen LogP contribution in [0.5, 0.6) is 0 Å². The molecule has 0 unspecified atom stereocenters. The lowest BCUT2D eigenvalue weighted by molar-refractivity contribution is -0.168. The Morgan fingerprint density at radius 2 is 1.90 bits per heavy atom. The number of likely N-dealkylation sites (tertiary alicyclic amines) is 1. The molecular weight excluding hydrogens is 270 g/mol. The summed E-state index contributed by atoms with van der Waals surface area (Å²) >= 11 is 0. The Morgan fingerprint density at radius 3 is 2.43 bits per heavy atom. The Bertz CT molecular complexity index is 354. The van der Waals surface area contributed by atoms with Crippen LogP contribution in [0.4, 0.5) is 0 Å². The smallest absolute Gasteiger partial charge is 0.337 e. The number of hydrogen-bond acceptors (Lipinski definition) is 4. The monoisotopic (exact) mass is 299 g/mol. The number of aliphatic carboxylic acids is 1. The van der Waals surface area contributed by atoms with Crippen LogP contribution in [0.1, 0.15) is 46.5 Å². The Balaban J connectivity index is 1.96. The number of carboxylic acid groups (broad SMARTS) is 1. The first-order valence-corrected chi connectivity index (χ1v) is 8.26. The van der Waals surface area contributed by atoms with E-state index in [0.717, 1.165) is 38.8 Å². The highest BCUT2D eigenvalue weighted by Gasteiger charge is 2.52. The van der Waals surface area contributed by atoms with Crippen LogP contribution in [0.25, 0.3) is 0 Å².